The number of rotatable bonds is 0. The first-order chi connectivity index (χ1) is 2.83. The second-order valence-electron chi connectivity index (χ2n) is 0.816. The van der Waals surface area contributed by atoms with Gasteiger partial charge in [-0.15, -0.1) is 13.2 Å². The molecule has 0 aromatic carbocycles. The Labute approximate surface area is 61.2 Å². The van der Waals surface area contributed by atoms with Crippen molar-refractivity contribution in [3.05, 3.63) is 25.3 Å². The molecule has 40 valence electrons. The first kappa shape index (κ1) is 15.7. The van der Waals surface area contributed by atoms with Crippen molar-refractivity contribution >= 4 is 0 Å². The van der Waals surface area contributed by atoms with Crippen LogP contribution in [0.15, 0.2) is 25.3 Å². The van der Waals surface area contributed by atoms with Crippen molar-refractivity contribution in [3.8, 4) is 0 Å². The van der Waals surface area contributed by atoms with Crippen LogP contribution in [-0.2, 0) is 21.7 Å². The van der Waals surface area contributed by atoms with Gasteiger partial charge in [0.2, 0.25) is 0 Å². The normalized spacial score (nSPS) is 3.71. The molecule has 7 heavy (non-hydrogen) atoms. The fourth-order valence-electron chi connectivity index (χ4n) is 0. The van der Waals surface area contributed by atoms with Gasteiger partial charge in [0.1, 0.15) is 0 Å². The van der Waals surface area contributed by atoms with Crippen molar-refractivity contribution in [2.45, 2.75) is 13.8 Å². The average Bonchev–Trinajstić information content (AvgIpc) is 1.39. The third kappa shape index (κ3) is 2890. The maximum Gasteiger partial charge on any atom is 0 e. The Morgan fingerprint density at radius 2 is 1.00 bits per heavy atom. The Balaban J connectivity index is -0.0000000400. The van der Waals surface area contributed by atoms with Gasteiger partial charge < -0.3 is 0 Å². The van der Waals surface area contributed by atoms with Gasteiger partial charge in [-0.1, -0.05) is 12.2 Å². The molecule has 0 spiro atoms. The van der Waals surface area contributed by atoms with Gasteiger partial charge in [0.15, 0.2) is 0 Å². The van der Waals surface area contributed by atoms with E-state index in [2.05, 4.69) is 13.2 Å². The van der Waals surface area contributed by atoms with Crippen LogP contribution in [0.1, 0.15) is 13.8 Å². The molecule has 0 nitrogen and oxygen atoms in total. The second-order valence-corrected chi connectivity index (χ2v) is 0.816. The zero-order chi connectivity index (χ0) is 5.41. The standard InChI is InChI=1S/2C3H6.Ti/c2*1-3-2;/h2*3H,1H2,2H3;. The summed E-state index contributed by atoms with van der Waals surface area (Å²) in [6.07, 6.45) is 3.50. The van der Waals surface area contributed by atoms with Crippen molar-refractivity contribution in [2.24, 2.45) is 0 Å². The van der Waals surface area contributed by atoms with Gasteiger partial charge in [-0.25, -0.2) is 0 Å². The van der Waals surface area contributed by atoms with E-state index in [4.69, 9.17) is 0 Å². The van der Waals surface area contributed by atoms with E-state index < -0.39 is 0 Å². The van der Waals surface area contributed by atoms with E-state index in [0.29, 0.717) is 0 Å². The van der Waals surface area contributed by atoms with Crippen molar-refractivity contribution in [3.63, 3.8) is 0 Å². The largest absolute Gasteiger partial charge is 0.103 e. The molecule has 0 aromatic heterocycles. The van der Waals surface area contributed by atoms with Crippen LogP contribution in [0.4, 0.5) is 0 Å². The molecule has 0 rings (SSSR count). The maximum atomic E-state index is 3.36. The summed E-state index contributed by atoms with van der Waals surface area (Å²) in [7, 11) is 0. The van der Waals surface area contributed by atoms with E-state index in [1.54, 1.807) is 12.2 Å². The van der Waals surface area contributed by atoms with E-state index in [0.717, 1.165) is 0 Å². The molecular formula is C6H12Ti. The molecule has 0 aliphatic rings. The number of hydrogen-bond acceptors (Lipinski definition) is 0. The molecule has 0 fully saturated rings. The van der Waals surface area contributed by atoms with Crippen LogP contribution in [0.25, 0.3) is 0 Å². The Hall–Kier alpha value is 0.194. The molecule has 0 aliphatic carbocycles. The average molecular weight is 132 g/mol. The summed E-state index contributed by atoms with van der Waals surface area (Å²) in [5.41, 5.74) is 0. The van der Waals surface area contributed by atoms with E-state index in [1.165, 1.54) is 0 Å². The molecule has 0 saturated heterocycles. The summed E-state index contributed by atoms with van der Waals surface area (Å²) in [5.74, 6) is 0. The molecule has 0 unspecified atom stereocenters. The first-order valence-electron chi connectivity index (χ1n) is 1.97. The molecule has 0 atom stereocenters. The van der Waals surface area contributed by atoms with E-state index in [9.17, 15) is 0 Å². The summed E-state index contributed by atoms with van der Waals surface area (Å²) in [6, 6.07) is 0. The van der Waals surface area contributed by atoms with Gasteiger partial charge in [-0.3, -0.25) is 0 Å². The van der Waals surface area contributed by atoms with Gasteiger partial charge in [0, 0.05) is 21.7 Å². The van der Waals surface area contributed by atoms with Crippen LogP contribution in [0.5, 0.6) is 0 Å². The molecule has 0 amide bonds. The fourth-order valence-corrected chi connectivity index (χ4v) is 0. The van der Waals surface area contributed by atoms with E-state index >= 15 is 0 Å². The van der Waals surface area contributed by atoms with Crippen molar-refractivity contribution in [1.29, 1.82) is 0 Å². The Bertz CT molecular complexity index is 25.2. The van der Waals surface area contributed by atoms with Gasteiger partial charge in [0.25, 0.3) is 0 Å². The van der Waals surface area contributed by atoms with Gasteiger partial charge in [0.05, 0.1) is 0 Å². The smallest absolute Gasteiger partial charge is 0 e. The minimum absolute atomic E-state index is 0. The van der Waals surface area contributed by atoms with Crippen LogP contribution in [0, 0.1) is 0 Å². The third-order valence-electron chi connectivity index (χ3n) is 0. The molecule has 0 N–H and O–H groups in total. The number of allylic oxidation sites excluding steroid dienone is 2. The van der Waals surface area contributed by atoms with Crippen LogP contribution in [-0.4, -0.2) is 0 Å². The quantitative estimate of drug-likeness (QED) is 0.350. The minimum atomic E-state index is 0. The van der Waals surface area contributed by atoms with E-state index in [1.807, 2.05) is 13.8 Å². The Kier molecular flexibility index (Phi) is 77.8. The summed E-state index contributed by atoms with van der Waals surface area (Å²) in [5, 5.41) is 0. The Morgan fingerprint density at radius 1 is 1.00 bits per heavy atom. The molecule has 0 radical (unpaired) electrons. The molecule has 0 aliphatic heterocycles. The van der Waals surface area contributed by atoms with Gasteiger partial charge >= 0.3 is 0 Å². The van der Waals surface area contributed by atoms with Crippen LogP contribution < -0.4 is 0 Å². The van der Waals surface area contributed by atoms with Crippen LogP contribution in [0.2, 0.25) is 0 Å². The zero-order valence-electron chi connectivity index (χ0n) is 5.07. The molecule has 0 saturated carbocycles. The SMILES string of the molecule is C=CC.C=CC.[Ti]. The van der Waals surface area contributed by atoms with Gasteiger partial charge in [-0.2, -0.15) is 0 Å². The summed E-state index contributed by atoms with van der Waals surface area (Å²) in [6.45, 7) is 10.5. The predicted octanol–water partition coefficient (Wildman–Crippen LogP) is 2.38. The molecule has 0 aromatic rings. The van der Waals surface area contributed by atoms with Crippen molar-refractivity contribution in [1.82, 2.24) is 0 Å². The summed E-state index contributed by atoms with van der Waals surface area (Å²) >= 11 is 0. The third-order valence-corrected chi connectivity index (χ3v) is 0. The first-order valence-corrected chi connectivity index (χ1v) is 1.97. The van der Waals surface area contributed by atoms with Crippen LogP contribution >= 0.6 is 0 Å². The molecule has 1 heteroatoms. The second kappa shape index (κ2) is 34.7. The Morgan fingerprint density at radius 3 is 1.00 bits per heavy atom. The number of hydrogen-bond donors (Lipinski definition) is 0. The summed E-state index contributed by atoms with van der Waals surface area (Å²) < 4.78 is 0. The van der Waals surface area contributed by atoms with E-state index in [-0.39, 0.29) is 21.7 Å². The molecule has 0 heterocycles. The molecular weight excluding hydrogens is 120 g/mol. The fraction of sp³-hybridized carbons (Fsp3) is 0.333. The van der Waals surface area contributed by atoms with Gasteiger partial charge in [-0.05, 0) is 13.8 Å². The summed E-state index contributed by atoms with van der Waals surface area (Å²) in [4.78, 5) is 0. The predicted molar refractivity (Wildman–Crippen MR) is 31.7 cm³/mol. The monoisotopic (exact) mass is 132 g/mol. The maximum absolute atomic E-state index is 3.36. The van der Waals surface area contributed by atoms with Crippen molar-refractivity contribution < 1.29 is 21.7 Å². The van der Waals surface area contributed by atoms with Crippen molar-refractivity contribution in [2.75, 3.05) is 0 Å². The topological polar surface area (TPSA) is 0 Å². The van der Waals surface area contributed by atoms with Crippen LogP contribution in [0.3, 0.4) is 0 Å². The minimum Gasteiger partial charge on any atom is -0.103 e. The molecule has 0 bridgehead atoms. The zero-order valence-corrected chi connectivity index (χ0v) is 6.63.